The van der Waals surface area contributed by atoms with Gasteiger partial charge in [-0.05, 0) is 24.3 Å². The molecule has 5 rings (SSSR count). The summed E-state index contributed by atoms with van der Waals surface area (Å²) in [5.74, 6) is -0.488. The Labute approximate surface area is 181 Å². The van der Waals surface area contributed by atoms with E-state index in [2.05, 4.69) is 20.8 Å². The maximum absolute atomic E-state index is 15.0. The van der Waals surface area contributed by atoms with Crippen molar-refractivity contribution in [2.45, 2.75) is 18.7 Å². The van der Waals surface area contributed by atoms with Gasteiger partial charge < -0.3 is 9.84 Å². The largest absolute Gasteiger partial charge is 0.447 e. The van der Waals surface area contributed by atoms with Crippen LogP contribution in [0.5, 0.6) is 0 Å². The lowest BCUT2D eigenvalue weighted by molar-refractivity contribution is 0.0172. The Morgan fingerprint density at radius 3 is 2.91 bits per heavy atom. The van der Waals surface area contributed by atoms with E-state index in [1.54, 1.807) is 47.4 Å². The molecule has 4 heterocycles. The van der Waals surface area contributed by atoms with E-state index in [0.29, 0.717) is 29.2 Å². The number of hydrogen-bond acceptors (Lipinski definition) is 8. The van der Waals surface area contributed by atoms with Crippen LogP contribution in [0.4, 0.5) is 14.9 Å². The number of aromatic nitrogens is 4. The molecule has 1 aromatic carbocycles. The first kappa shape index (κ1) is 20.1. The zero-order valence-electron chi connectivity index (χ0n) is 16.8. The molecule has 0 bridgehead atoms. The Kier molecular flexibility index (Phi) is 5.25. The van der Waals surface area contributed by atoms with Crippen LogP contribution in [-0.4, -0.2) is 56.5 Å². The number of cyclic esters (lactones) is 1. The number of amides is 1. The highest BCUT2D eigenvalue weighted by atomic mass is 19.1. The fraction of sp³-hybridized carbons (Fsp3) is 0.238. The molecule has 164 valence electrons. The van der Waals surface area contributed by atoms with Gasteiger partial charge in [-0.1, -0.05) is 17.3 Å². The van der Waals surface area contributed by atoms with Crippen molar-refractivity contribution in [1.82, 2.24) is 25.5 Å². The topological polar surface area (TPSA) is 115 Å². The average Bonchev–Trinajstić information content (AvgIpc) is 3.56. The van der Waals surface area contributed by atoms with E-state index in [1.165, 1.54) is 17.2 Å². The van der Waals surface area contributed by atoms with Crippen molar-refractivity contribution >= 4 is 17.5 Å². The number of rotatable bonds is 6. The lowest BCUT2D eigenvalue weighted by Crippen LogP contribution is -2.37. The summed E-state index contributed by atoms with van der Waals surface area (Å²) in [7, 11) is 0. The van der Waals surface area contributed by atoms with Crippen molar-refractivity contribution in [3.63, 3.8) is 0 Å². The molecule has 1 saturated heterocycles. The number of carbonyl (C=O) groups excluding carboxylic acids is 1. The van der Waals surface area contributed by atoms with Gasteiger partial charge in [-0.15, -0.1) is 5.10 Å². The Morgan fingerprint density at radius 1 is 1.28 bits per heavy atom. The van der Waals surface area contributed by atoms with E-state index >= 15 is 4.39 Å². The van der Waals surface area contributed by atoms with E-state index in [0.717, 1.165) is 0 Å². The molecule has 1 amide bonds. The highest BCUT2D eigenvalue weighted by molar-refractivity contribution is 5.96. The first-order valence-electron chi connectivity index (χ1n) is 9.94. The minimum Gasteiger partial charge on any atom is -0.447 e. The SMILES string of the molecule is O=C1OCC(Cn2ccnn2)N1c1cccc(F)c1-c1ccc(C2=C[C@@H](CO)ON2)nc1. The summed E-state index contributed by atoms with van der Waals surface area (Å²) >= 11 is 0. The number of carbonyl (C=O) groups is 1. The van der Waals surface area contributed by atoms with Crippen molar-refractivity contribution in [3.05, 3.63) is 66.5 Å². The van der Waals surface area contributed by atoms with E-state index in [-0.39, 0.29) is 24.8 Å². The molecule has 2 aliphatic heterocycles. The minimum absolute atomic E-state index is 0.150. The van der Waals surface area contributed by atoms with Gasteiger partial charge in [0, 0.05) is 23.5 Å². The number of nitrogens with one attached hydrogen (secondary N) is 1. The minimum atomic E-state index is -0.556. The van der Waals surface area contributed by atoms with Gasteiger partial charge >= 0.3 is 6.09 Å². The summed E-state index contributed by atoms with van der Waals surface area (Å²) in [5, 5.41) is 16.9. The van der Waals surface area contributed by atoms with Gasteiger partial charge in [0.25, 0.3) is 0 Å². The van der Waals surface area contributed by atoms with Crippen LogP contribution in [0.3, 0.4) is 0 Å². The first-order chi connectivity index (χ1) is 15.6. The molecule has 1 unspecified atom stereocenters. The number of anilines is 1. The lowest BCUT2D eigenvalue weighted by atomic mass is 10.0. The van der Waals surface area contributed by atoms with Crippen LogP contribution in [0.15, 0.2) is 55.0 Å². The summed E-state index contributed by atoms with van der Waals surface area (Å²) in [4.78, 5) is 23.6. The Morgan fingerprint density at radius 2 is 2.19 bits per heavy atom. The number of nitrogens with zero attached hydrogens (tertiary/aromatic N) is 5. The summed E-state index contributed by atoms with van der Waals surface area (Å²) < 4.78 is 21.9. The molecular weight excluding hydrogens is 419 g/mol. The van der Waals surface area contributed by atoms with Crippen molar-refractivity contribution < 1.29 is 23.9 Å². The summed E-state index contributed by atoms with van der Waals surface area (Å²) in [6, 6.07) is 7.61. The van der Waals surface area contributed by atoms with E-state index in [9.17, 15) is 9.90 Å². The monoisotopic (exact) mass is 438 g/mol. The molecule has 2 N–H and O–H groups in total. The van der Waals surface area contributed by atoms with Crippen molar-refractivity contribution in [1.29, 1.82) is 0 Å². The Hall–Kier alpha value is -3.83. The number of halogens is 1. The van der Waals surface area contributed by atoms with Crippen LogP contribution in [0.25, 0.3) is 16.8 Å². The lowest BCUT2D eigenvalue weighted by Gasteiger charge is -2.24. The molecular formula is C21H19FN6O4. The number of hydroxylamine groups is 1. The zero-order chi connectivity index (χ0) is 22.1. The molecule has 2 aromatic heterocycles. The van der Waals surface area contributed by atoms with Gasteiger partial charge in [-0.2, -0.15) is 0 Å². The molecule has 0 aliphatic carbocycles. The number of aliphatic hydroxyl groups is 1. The molecule has 0 saturated carbocycles. The average molecular weight is 438 g/mol. The van der Waals surface area contributed by atoms with Crippen LogP contribution in [-0.2, 0) is 16.1 Å². The Balaban J connectivity index is 1.49. The number of hydrogen-bond donors (Lipinski definition) is 2. The van der Waals surface area contributed by atoms with Crippen LogP contribution < -0.4 is 10.4 Å². The molecule has 3 aromatic rings. The van der Waals surface area contributed by atoms with Crippen LogP contribution in [0, 0.1) is 5.82 Å². The van der Waals surface area contributed by atoms with Crippen LogP contribution in [0.1, 0.15) is 5.69 Å². The summed E-state index contributed by atoms with van der Waals surface area (Å²) in [5.41, 5.74) is 5.03. The fourth-order valence-electron chi connectivity index (χ4n) is 3.76. The number of ether oxygens (including phenoxy) is 1. The second-order valence-electron chi connectivity index (χ2n) is 7.31. The summed E-state index contributed by atoms with van der Waals surface area (Å²) in [6.07, 6.45) is 5.47. The normalized spacial score (nSPS) is 20.2. The highest BCUT2D eigenvalue weighted by Crippen LogP contribution is 2.36. The third kappa shape index (κ3) is 3.67. The van der Waals surface area contributed by atoms with Gasteiger partial charge in [-0.3, -0.25) is 24.9 Å². The number of benzene rings is 1. The second kappa shape index (κ2) is 8.36. The van der Waals surface area contributed by atoms with Gasteiger partial charge in [0.1, 0.15) is 18.5 Å². The smallest absolute Gasteiger partial charge is 0.414 e. The number of pyridine rings is 1. The molecule has 0 radical (unpaired) electrons. The third-order valence-corrected chi connectivity index (χ3v) is 5.26. The summed E-state index contributed by atoms with van der Waals surface area (Å²) in [6.45, 7) is 0.345. The van der Waals surface area contributed by atoms with E-state index in [1.807, 2.05) is 0 Å². The van der Waals surface area contributed by atoms with Crippen molar-refractivity contribution in [3.8, 4) is 11.1 Å². The molecule has 2 aliphatic rings. The van der Waals surface area contributed by atoms with Gasteiger partial charge in [-0.25, -0.2) is 9.18 Å². The van der Waals surface area contributed by atoms with E-state index < -0.39 is 18.0 Å². The molecule has 10 nitrogen and oxygen atoms in total. The van der Waals surface area contributed by atoms with Gasteiger partial charge in [0.15, 0.2) is 0 Å². The Bertz CT molecular complexity index is 1150. The van der Waals surface area contributed by atoms with Crippen LogP contribution in [0.2, 0.25) is 0 Å². The first-order valence-corrected chi connectivity index (χ1v) is 9.94. The van der Waals surface area contributed by atoms with E-state index in [4.69, 9.17) is 9.57 Å². The molecule has 0 spiro atoms. The predicted molar refractivity (Wildman–Crippen MR) is 110 cm³/mol. The van der Waals surface area contributed by atoms with Crippen molar-refractivity contribution in [2.24, 2.45) is 0 Å². The molecule has 2 atom stereocenters. The third-order valence-electron chi connectivity index (χ3n) is 5.26. The highest BCUT2D eigenvalue weighted by Gasteiger charge is 2.36. The quantitative estimate of drug-likeness (QED) is 0.598. The fourth-order valence-corrected chi connectivity index (χ4v) is 3.76. The maximum Gasteiger partial charge on any atom is 0.414 e. The van der Waals surface area contributed by atoms with Crippen molar-refractivity contribution in [2.75, 3.05) is 18.1 Å². The van der Waals surface area contributed by atoms with Gasteiger partial charge in [0.05, 0.1) is 42.5 Å². The predicted octanol–water partition coefficient (Wildman–Crippen LogP) is 1.74. The van der Waals surface area contributed by atoms with Gasteiger partial charge in [0.2, 0.25) is 0 Å². The molecule has 32 heavy (non-hydrogen) atoms. The molecule has 11 heteroatoms. The standard InChI is InChI=1S/C21H19FN6O4/c22-16-2-1-3-19(28-14(12-31-21(28)30)10-27-7-6-24-26-27)20(16)13-4-5-17(23-9-13)18-8-15(11-29)32-25-18/h1-9,14-15,25,29H,10-12H2/t14?,15-/m0/s1. The maximum atomic E-state index is 15.0. The second-order valence-corrected chi connectivity index (χ2v) is 7.31. The number of aliphatic hydroxyl groups excluding tert-OH is 1. The molecule has 1 fully saturated rings. The van der Waals surface area contributed by atoms with Crippen LogP contribution >= 0.6 is 0 Å². The zero-order valence-corrected chi connectivity index (χ0v) is 16.8.